The molecule has 0 N–H and O–H groups in total. The highest BCUT2D eigenvalue weighted by molar-refractivity contribution is 5.77. The van der Waals surface area contributed by atoms with Gasteiger partial charge in [0.15, 0.2) is 11.6 Å². The van der Waals surface area contributed by atoms with Crippen molar-refractivity contribution in [3.63, 3.8) is 0 Å². The van der Waals surface area contributed by atoms with Crippen molar-refractivity contribution in [1.29, 1.82) is 0 Å². The number of benzene rings is 1. The fraction of sp³-hybridized carbons (Fsp3) is 0.364. The van der Waals surface area contributed by atoms with Gasteiger partial charge in [-0.3, -0.25) is 4.79 Å². The minimum Gasteiger partial charge on any atom is -0.420 e. The van der Waals surface area contributed by atoms with E-state index < -0.39 is 40.4 Å². The smallest absolute Gasteiger partial charge is 0.316 e. The Morgan fingerprint density at radius 3 is 1.82 bits per heavy atom. The molecule has 0 aliphatic heterocycles. The predicted octanol–water partition coefficient (Wildman–Crippen LogP) is 2.99. The van der Waals surface area contributed by atoms with Crippen LogP contribution in [0.2, 0.25) is 0 Å². The fourth-order valence-electron chi connectivity index (χ4n) is 0.837. The topological polar surface area (TPSA) is 26.3 Å². The third kappa shape index (κ3) is 2.75. The van der Waals surface area contributed by atoms with Crippen LogP contribution in [0.5, 0.6) is 5.75 Å². The molecule has 2 nitrogen and oxygen atoms in total. The molecule has 0 fully saturated rings. The van der Waals surface area contributed by atoms with Crippen molar-refractivity contribution < 1.29 is 27.1 Å². The van der Waals surface area contributed by atoms with Gasteiger partial charge < -0.3 is 4.74 Å². The Morgan fingerprint density at radius 2 is 1.47 bits per heavy atom. The molecule has 0 amide bonds. The molecule has 0 saturated heterocycles. The molecule has 1 aromatic rings. The van der Waals surface area contributed by atoms with Crippen LogP contribution in [0, 0.1) is 34.8 Å². The van der Waals surface area contributed by atoms with Crippen LogP contribution in [0.15, 0.2) is 0 Å². The second-order valence-corrected chi connectivity index (χ2v) is 4.35. The number of ether oxygens (including phenoxy) is 1. The summed E-state index contributed by atoms with van der Waals surface area (Å²) in [5.41, 5.74) is -1.06. The van der Waals surface area contributed by atoms with E-state index in [4.69, 9.17) is 0 Å². The summed E-state index contributed by atoms with van der Waals surface area (Å²) in [6.45, 7) is 4.27. The molecule has 1 radical (unpaired) electrons. The lowest BCUT2D eigenvalue weighted by Gasteiger charge is -2.17. The lowest BCUT2D eigenvalue weighted by Crippen LogP contribution is -2.26. The van der Waals surface area contributed by atoms with Gasteiger partial charge in [-0.25, -0.2) is 8.78 Å². The number of hydrogen-bond donors (Lipinski definition) is 0. The summed E-state index contributed by atoms with van der Waals surface area (Å²) in [5.74, 6) is -9.48. The average Bonchev–Trinajstić information content (AvgIpc) is 2.20. The third-order valence-electron chi connectivity index (χ3n) is 1.81. The molecule has 0 bridgehead atoms. The second-order valence-electron chi connectivity index (χ2n) is 4.35. The van der Waals surface area contributed by atoms with Crippen LogP contribution >= 0.6 is 0 Å². The number of esters is 1. The van der Waals surface area contributed by atoms with Crippen LogP contribution in [0.3, 0.4) is 0 Å². The van der Waals surface area contributed by atoms with Gasteiger partial charge in [0, 0.05) is 0 Å². The third-order valence-corrected chi connectivity index (χ3v) is 1.81. The minimum absolute atomic E-state index is 1.01. The van der Waals surface area contributed by atoms with Crippen LogP contribution in [-0.4, -0.2) is 5.97 Å². The molecule has 17 heavy (non-hydrogen) atoms. The first-order valence-electron chi connectivity index (χ1n) is 4.62. The number of rotatable bonds is 1. The Morgan fingerprint density at radius 1 is 1.06 bits per heavy atom. The van der Waals surface area contributed by atoms with Gasteiger partial charge >= 0.3 is 5.97 Å². The average molecular weight is 249 g/mol. The van der Waals surface area contributed by atoms with Gasteiger partial charge in [0.2, 0.25) is 17.4 Å². The van der Waals surface area contributed by atoms with E-state index in [2.05, 4.69) is 4.74 Å². The van der Waals surface area contributed by atoms with E-state index in [-0.39, 0.29) is 0 Å². The van der Waals surface area contributed by atoms with E-state index in [0.29, 0.717) is 0 Å². The quantitative estimate of drug-likeness (QED) is 0.331. The van der Waals surface area contributed by atoms with Gasteiger partial charge in [-0.1, -0.05) is 0 Å². The molecule has 0 atom stereocenters. The van der Waals surface area contributed by atoms with Crippen molar-refractivity contribution in [2.45, 2.75) is 20.8 Å². The predicted molar refractivity (Wildman–Crippen MR) is 50.2 cm³/mol. The van der Waals surface area contributed by atoms with Crippen LogP contribution in [0.1, 0.15) is 20.8 Å². The lowest BCUT2D eigenvalue weighted by atomic mass is 9.97. The first-order valence-corrected chi connectivity index (χ1v) is 4.62. The summed E-state index contributed by atoms with van der Waals surface area (Å²) in [4.78, 5) is 11.4. The van der Waals surface area contributed by atoms with E-state index in [1.807, 2.05) is 0 Å². The molecule has 0 aliphatic carbocycles. The maximum atomic E-state index is 13.1. The maximum absolute atomic E-state index is 13.1. The Hall–Kier alpha value is -1.59. The van der Waals surface area contributed by atoms with Crippen molar-refractivity contribution >= 4 is 5.97 Å². The molecule has 0 heterocycles. The van der Waals surface area contributed by atoms with E-state index in [0.717, 1.165) is 0 Å². The van der Waals surface area contributed by atoms with Crippen LogP contribution in [0.4, 0.5) is 17.6 Å². The normalized spacial score (nSPS) is 11.5. The summed E-state index contributed by atoms with van der Waals surface area (Å²) in [5, 5.41) is 0. The molecule has 0 aliphatic rings. The van der Waals surface area contributed by atoms with Crippen molar-refractivity contribution in [2.24, 2.45) is 5.41 Å². The van der Waals surface area contributed by atoms with Crippen molar-refractivity contribution in [3.05, 3.63) is 29.3 Å². The summed E-state index contributed by atoms with van der Waals surface area (Å²) < 4.78 is 56.0. The van der Waals surface area contributed by atoms with Gasteiger partial charge in [0.05, 0.1) is 11.5 Å². The molecule has 6 heteroatoms. The zero-order chi connectivity index (χ0) is 13.4. The summed E-state index contributed by atoms with van der Waals surface area (Å²) in [6, 6.07) is 1.18. The first kappa shape index (κ1) is 13.5. The molecule has 0 aromatic heterocycles. The van der Waals surface area contributed by atoms with Gasteiger partial charge in [-0.2, -0.15) is 8.78 Å². The SMILES string of the molecule is CC(C)(C)C(=O)Oc1c(F)c(F)[c]c(F)c1F. The van der Waals surface area contributed by atoms with E-state index in [1.165, 1.54) is 26.8 Å². The largest absolute Gasteiger partial charge is 0.420 e. The fourth-order valence-corrected chi connectivity index (χ4v) is 0.837. The van der Waals surface area contributed by atoms with Gasteiger partial charge in [0.1, 0.15) is 0 Å². The summed E-state index contributed by atoms with van der Waals surface area (Å²) in [7, 11) is 0. The van der Waals surface area contributed by atoms with Crippen LogP contribution < -0.4 is 4.74 Å². The molecule has 1 rings (SSSR count). The zero-order valence-electron chi connectivity index (χ0n) is 9.33. The maximum Gasteiger partial charge on any atom is 0.316 e. The molecule has 0 spiro atoms. The number of halogens is 4. The van der Waals surface area contributed by atoms with Crippen molar-refractivity contribution in [1.82, 2.24) is 0 Å². The first-order chi connectivity index (χ1) is 7.64. The van der Waals surface area contributed by atoms with Crippen LogP contribution in [0.25, 0.3) is 0 Å². The number of hydrogen-bond acceptors (Lipinski definition) is 2. The number of carbonyl (C=O) groups excluding carboxylic acids is 1. The van der Waals surface area contributed by atoms with E-state index in [9.17, 15) is 22.4 Å². The highest BCUT2D eigenvalue weighted by Crippen LogP contribution is 2.28. The molecule has 1 aromatic carbocycles. The molecule has 0 saturated carbocycles. The zero-order valence-corrected chi connectivity index (χ0v) is 9.33. The van der Waals surface area contributed by atoms with Gasteiger partial charge in [-0.15, -0.1) is 0 Å². The van der Waals surface area contributed by atoms with E-state index in [1.54, 1.807) is 0 Å². The Bertz CT molecular complexity index is 437. The van der Waals surface area contributed by atoms with Gasteiger partial charge in [0.25, 0.3) is 0 Å². The molecular formula is C11H9F4O2. The van der Waals surface area contributed by atoms with Crippen LogP contribution in [-0.2, 0) is 4.79 Å². The molecule has 0 unspecified atom stereocenters. The Kier molecular flexibility index (Phi) is 3.45. The van der Waals surface area contributed by atoms with Crippen molar-refractivity contribution in [3.8, 4) is 5.75 Å². The highest BCUT2D eigenvalue weighted by Gasteiger charge is 2.29. The Labute approximate surface area is 95.2 Å². The van der Waals surface area contributed by atoms with E-state index >= 15 is 0 Å². The molecular weight excluding hydrogens is 240 g/mol. The number of carbonyl (C=O) groups is 1. The second kappa shape index (κ2) is 4.35. The minimum atomic E-state index is -1.79. The summed E-state index contributed by atoms with van der Waals surface area (Å²) in [6.07, 6.45) is 0. The standard InChI is InChI=1S/C11H9F4O2/c1-11(2,3)10(16)17-9-7(14)5(12)4-6(13)8(9)15/h1-3H3. The Balaban J connectivity index is 3.20. The highest BCUT2D eigenvalue weighted by atomic mass is 19.2. The van der Waals surface area contributed by atoms with Crippen molar-refractivity contribution in [2.75, 3.05) is 0 Å². The monoisotopic (exact) mass is 249 g/mol. The lowest BCUT2D eigenvalue weighted by molar-refractivity contribution is -0.143. The van der Waals surface area contributed by atoms with Gasteiger partial charge in [-0.05, 0) is 20.8 Å². The summed E-state index contributed by atoms with van der Waals surface area (Å²) >= 11 is 0. The molecule has 93 valence electrons.